The molecule has 15 rings (SSSR count). The maximum Gasteiger partial charge on any atom is 0.219 e. The number of aryl methyl sites for hydroxylation is 2. The van der Waals surface area contributed by atoms with Crippen molar-refractivity contribution in [3.05, 3.63) is 302 Å². The van der Waals surface area contributed by atoms with Crippen LogP contribution in [0, 0.1) is 0 Å². The first-order valence-corrected chi connectivity index (χ1v) is 35.5. The van der Waals surface area contributed by atoms with Gasteiger partial charge in [0.25, 0.3) is 0 Å². The molecule has 95 heavy (non-hydrogen) atoms. The highest BCUT2D eigenvalue weighted by molar-refractivity contribution is 7.85. The lowest BCUT2D eigenvalue weighted by Gasteiger charge is -2.35. The highest BCUT2D eigenvalue weighted by Gasteiger charge is 2.30. The lowest BCUT2D eigenvalue weighted by molar-refractivity contribution is -0.576. The Morgan fingerprint density at radius 3 is 0.979 bits per heavy atom. The molecule has 0 spiro atoms. The number of anilines is 2. The number of pyridine rings is 2. The Morgan fingerprint density at radius 2 is 0.653 bits per heavy atom. The number of nitrogens with zero attached hydrogens (tertiary/aromatic N) is 4. The van der Waals surface area contributed by atoms with Gasteiger partial charge in [-0.05, 0) is 161 Å². The normalized spacial score (nSPS) is 12.9. The molecule has 0 aliphatic carbocycles. The molecule has 0 bridgehead atoms. The predicted octanol–water partition coefficient (Wildman–Crippen LogP) is 19.9. The number of hydrogen-bond acceptors (Lipinski definition) is 5. The maximum absolute atomic E-state index is 11.1. The van der Waals surface area contributed by atoms with E-state index in [1.54, 1.807) is 0 Å². The first kappa shape index (κ1) is 62.2. The van der Waals surface area contributed by atoms with Crippen molar-refractivity contribution in [2.45, 2.75) is 64.7 Å². The number of hydrogen-bond donors (Lipinski definition) is 0. The van der Waals surface area contributed by atoms with Crippen LogP contribution in [-0.4, -0.2) is 44.9 Å². The monoisotopic (exact) mass is 1260 g/mol. The van der Waals surface area contributed by atoms with E-state index in [-0.39, 0.29) is 5.75 Å². The Labute approximate surface area is 560 Å². The van der Waals surface area contributed by atoms with Crippen molar-refractivity contribution < 1.29 is 22.1 Å². The lowest BCUT2D eigenvalue weighted by Crippen LogP contribution is -2.38. The highest BCUT2D eigenvalue weighted by atomic mass is 32.2. The summed E-state index contributed by atoms with van der Waals surface area (Å²) in [5.74, 6) is -0.283. The van der Waals surface area contributed by atoms with Gasteiger partial charge >= 0.3 is 0 Å². The molecule has 0 radical (unpaired) electrons. The van der Waals surface area contributed by atoms with Crippen molar-refractivity contribution in [1.29, 1.82) is 0 Å². The molecule has 4 heterocycles. The average Bonchev–Trinajstić information content (AvgIpc) is 0.771. The second-order valence-electron chi connectivity index (χ2n) is 25.2. The minimum Gasteiger partial charge on any atom is -0.748 e. The molecule has 470 valence electrons. The lowest BCUT2D eigenvalue weighted by atomic mass is 9.85. The number of aromatic nitrogens is 2. The van der Waals surface area contributed by atoms with Crippen LogP contribution < -0.4 is 18.9 Å². The van der Waals surface area contributed by atoms with E-state index in [0.29, 0.717) is 12.8 Å². The largest absolute Gasteiger partial charge is 0.748 e. The SMILES string of the molecule is CCCCCN1CCCc2cc(-c3cc4c(c5ccccc35)N(CCCCS(=O)(=O)[O-])CCC4)c3ccccc3c21.c1ccc(-c2cc(-c3ccccc3)[n+](-c3ccc(-[n+]4c(-c5ccccc5)cc(-c5ccccc5)cc4-c4ccccc4)cc3)c(-c3ccccc3)c2)cc1. The summed E-state index contributed by atoms with van der Waals surface area (Å²) in [5, 5.41) is 5.22. The molecule has 0 unspecified atom stereocenters. The minimum atomic E-state index is -4.16. The van der Waals surface area contributed by atoms with Crippen molar-refractivity contribution in [2.75, 3.05) is 41.7 Å². The zero-order valence-electron chi connectivity index (χ0n) is 54.0. The minimum absolute atomic E-state index is 0.283. The summed E-state index contributed by atoms with van der Waals surface area (Å²) in [6, 6.07) is 105. The topological polar surface area (TPSA) is 71.4 Å². The van der Waals surface area contributed by atoms with Crippen molar-refractivity contribution >= 4 is 43.0 Å². The Kier molecular flexibility index (Phi) is 18.7. The van der Waals surface area contributed by atoms with Gasteiger partial charge in [0.1, 0.15) is 0 Å². The Hall–Kier alpha value is -10.3. The van der Waals surface area contributed by atoms with Gasteiger partial charge in [-0.2, -0.15) is 9.13 Å². The van der Waals surface area contributed by atoms with Gasteiger partial charge in [-0.25, -0.2) is 8.42 Å². The summed E-state index contributed by atoms with van der Waals surface area (Å²) in [6.45, 7) is 6.26. The molecule has 11 aromatic carbocycles. The summed E-state index contributed by atoms with van der Waals surface area (Å²) in [5.41, 5.74) is 24.2. The van der Waals surface area contributed by atoms with Crippen LogP contribution in [0.25, 0.3) is 111 Å². The van der Waals surface area contributed by atoms with Crippen LogP contribution in [-0.2, 0) is 23.0 Å². The summed E-state index contributed by atoms with van der Waals surface area (Å²) >= 11 is 0. The van der Waals surface area contributed by atoms with Gasteiger partial charge in [-0.15, -0.1) is 0 Å². The van der Waals surface area contributed by atoms with E-state index < -0.39 is 10.1 Å². The molecule has 8 heteroatoms. The van der Waals surface area contributed by atoms with Gasteiger partial charge in [0.2, 0.25) is 34.2 Å². The number of unbranched alkanes of at least 4 members (excludes halogenated alkanes) is 3. The van der Waals surface area contributed by atoms with Crippen LogP contribution in [0.5, 0.6) is 0 Å². The summed E-state index contributed by atoms with van der Waals surface area (Å²) in [4.78, 5) is 5.06. The van der Waals surface area contributed by atoms with E-state index in [2.05, 4.69) is 317 Å². The molecular weight excluding hydrogens is 1180 g/mol. The fraction of sp³-hybridized carbons (Fsp3) is 0.172. The third-order valence-electron chi connectivity index (χ3n) is 19.0. The van der Waals surface area contributed by atoms with Gasteiger partial charge in [0.05, 0.1) is 10.1 Å². The zero-order valence-corrected chi connectivity index (χ0v) is 54.9. The molecule has 7 nitrogen and oxygen atoms in total. The van der Waals surface area contributed by atoms with Gasteiger partial charge in [0, 0.05) is 125 Å². The Bertz CT molecular complexity index is 4610. The van der Waals surface area contributed by atoms with Crippen LogP contribution in [0.3, 0.4) is 0 Å². The fourth-order valence-corrected chi connectivity index (χ4v) is 15.1. The molecule has 13 aromatic rings. The predicted molar refractivity (Wildman–Crippen MR) is 393 cm³/mol. The number of benzene rings is 11. The summed E-state index contributed by atoms with van der Waals surface area (Å²) in [7, 11) is -4.16. The van der Waals surface area contributed by atoms with Gasteiger partial charge < -0.3 is 14.4 Å². The smallest absolute Gasteiger partial charge is 0.219 e. The van der Waals surface area contributed by atoms with Crippen molar-refractivity contribution in [1.82, 2.24) is 0 Å². The second-order valence-corrected chi connectivity index (χ2v) is 26.7. The molecule has 2 aliphatic heterocycles. The molecule has 0 saturated heterocycles. The van der Waals surface area contributed by atoms with E-state index in [1.807, 2.05) is 0 Å². The molecule has 2 aromatic heterocycles. The zero-order chi connectivity index (χ0) is 64.5. The third-order valence-corrected chi connectivity index (χ3v) is 19.7. The first-order valence-electron chi connectivity index (χ1n) is 33.9. The quantitative estimate of drug-likeness (QED) is 0.0486. The molecule has 2 aliphatic rings. The van der Waals surface area contributed by atoms with E-state index in [9.17, 15) is 13.0 Å². The summed E-state index contributed by atoms with van der Waals surface area (Å²) in [6.07, 6.45) is 9.28. The van der Waals surface area contributed by atoms with Crippen molar-refractivity contribution in [3.63, 3.8) is 0 Å². The molecule has 0 N–H and O–H groups in total. The van der Waals surface area contributed by atoms with Crippen LogP contribution in [0.15, 0.2) is 291 Å². The fourth-order valence-electron chi connectivity index (χ4n) is 14.5. The second kappa shape index (κ2) is 28.5. The van der Waals surface area contributed by atoms with E-state index >= 15 is 0 Å². The standard InChI is InChI=1S/C52H38N2.C35H42N2O3S/c1-7-19-39(20-8-1)45-35-49(41-23-11-3-12-24-41)53(50(36-45)42-25-13-4-14-26-42)47-31-33-48(34-32-47)54-51(43-27-15-5-16-28-43)37-46(40-21-9-2-10-22-40)38-52(54)44-29-17-6-18-30-44;1-2-3-8-19-36-21-11-13-26-24-32(28-15-4-6-17-30(28)34(26)36)33-25-27-14-12-22-37(20-9-10-23-41(38,39)40)35(27)31-18-7-5-16-29(31)33/h1-38H;4-7,15-18,24-25H,2-3,8-14,19-23H2,1H3,(H,38,39,40)/q+2;/p-1. The van der Waals surface area contributed by atoms with Crippen LogP contribution in [0.4, 0.5) is 11.4 Å². The average molecular weight is 1260 g/mol. The Morgan fingerprint density at radius 1 is 0.347 bits per heavy atom. The van der Waals surface area contributed by atoms with Gasteiger partial charge in [-0.1, -0.05) is 202 Å². The van der Waals surface area contributed by atoms with E-state index in [4.69, 9.17) is 0 Å². The highest BCUT2D eigenvalue weighted by Crippen LogP contribution is 2.46. The number of fused-ring (bicyclic) bond motifs is 6. The van der Waals surface area contributed by atoms with Crippen LogP contribution >= 0.6 is 0 Å². The van der Waals surface area contributed by atoms with Crippen molar-refractivity contribution in [3.8, 4) is 89.8 Å². The van der Waals surface area contributed by atoms with Crippen LogP contribution in [0.2, 0.25) is 0 Å². The van der Waals surface area contributed by atoms with Gasteiger partial charge in [-0.3, -0.25) is 0 Å². The molecular formula is C87H79N4O3S+. The number of rotatable bonds is 18. The molecule has 0 atom stereocenters. The van der Waals surface area contributed by atoms with E-state index in [0.717, 1.165) is 102 Å². The Balaban J connectivity index is 0.000000170. The molecule has 0 saturated carbocycles. The van der Waals surface area contributed by atoms with Crippen LogP contribution in [0.1, 0.15) is 63.0 Å². The third kappa shape index (κ3) is 13.6. The van der Waals surface area contributed by atoms with E-state index in [1.165, 1.54) is 103 Å². The maximum atomic E-state index is 11.1. The first-order chi connectivity index (χ1) is 46.7. The molecule has 0 amide bonds. The molecule has 0 fully saturated rings. The van der Waals surface area contributed by atoms with Gasteiger partial charge in [0.15, 0.2) is 0 Å². The van der Waals surface area contributed by atoms with Crippen molar-refractivity contribution in [2.24, 2.45) is 0 Å². The summed E-state index contributed by atoms with van der Waals surface area (Å²) < 4.78 is 38.2.